The van der Waals surface area contributed by atoms with E-state index < -0.39 is 97.5 Å². The molecule has 106 heavy (non-hydrogen) atoms. The molecule has 0 rings (SSSR count). The zero-order valence-corrected chi connectivity index (χ0v) is 68.1. The van der Waals surface area contributed by atoms with Crippen molar-refractivity contribution in [3.63, 3.8) is 0 Å². The first-order valence-electron chi connectivity index (χ1n) is 41.1. The molecule has 0 heterocycles. The van der Waals surface area contributed by atoms with E-state index >= 15 is 0 Å². The third-order valence-electron chi connectivity index (χ3n) is 16.8. The predicted octanol–water partition coefficient (Wildman–Crippen LogP) is 24.2. The number of carbonyl (C=O) groups excluding carboxylic acids is 4. The van der Waals surface area contributed by atoms with Gasteiger partial charge in [0, 0.05) is 25.7 Å². The molecule has 0 aliphatic rings. The van der Waals surface area contributed by atoms with Crippen LogP contribution in [-0.4, -0.2) is 96.7 Å². The Bertz CT molecular complexity index is 2580. The Morgan fingerprint density at radius 2 is 0.491 bits per heavy atom. The standard InChI is InChI=1S/C87H146O17P2/c1-5-9-13-17-21-25-29-33-37-39-40-42-46-48-52-56-60-64-68-72-85(90)98-78-83(104-87(92)74-70-66-62-58-54-50-44-36-32-28-24-20-16-12-8-4)80-102-106(95,96)100-76-81(88)75-99-105(93,94)101-79-82(103-86(91)73-69-65-61-57-53-49-43-35-31-27-23-19-15-11-7-3)77-97-84(89)71-67-63-59-55-51-47-45-41-38-34-30-26-22-18-14-10-6-2/h10,12,14,16,21-28,33-38,40,42-44,54,58,81-83,88H,5-9,11,13,15,17-20,29-32,39,41,45-53,55-57,59-80H2,1-4H3,(H,93,94)(H,95,96)/b14-10-,16-12-,25-21-,26-22-,27-23-,28-24-,37-33-,38-34-,42-40-,43-35-,44-36-,58-54-. The van der Waals surface area contributed by atoms with Gasteiger partial charge >= 0.3 is 39.5 Å². The summed E-state index contributed by atoms with van der Waals surface area (Å²) in [6.45, 7) is 4.52. The molecule has 0 radical (unpaired) electrons. The summed E-state index contributed by atoms with van der Waals surface area (Å²) in [5, 5.41) is 10.7. The summed E-state index contributed by atoms with van der Waals surface area (Å²) < 4.78 is 68.6. The average Bonchev–Trinajstić information content (AvgIpc) is 0.902. The molecule has 0 aliphatic carbocycles. The van der Waals surface area contributed by atoms with Gasteiger partial charge in [0.15, 0.2) is 12.2 Å². The van der Waals surface area contributed by atoms with Crippen molar-refractivity contribution in [2.24, 2.45) is 0 Å². The number of esters is 4. The Hall–Kier alpha value is -5.06. The normalized spacial score (nSPS) is 14.6. The summed E-state index contributed by atoms with van der Waals surface area (Å²) in [5.41, 5.74) is 0. The van der Waals surface area contributed by atoms with Crippen LogP contribution in [0, 0.1) is 0 Å². The molecule has 19 heteroatoms. The van der Waals surface area contributed by atoms with Crippen LogP contribution in [0.15, 0.2) is 146 Å². The van der Waals surface area contributed by atoms with Gasteiger partial charge in [0.2, 0.25) is 0 Å². The molecule has 5 atom stereocenters. The summed E-state index contributed by atoms with van der Waals surface area (Å²) in [6, 6.07) is 0. The molecule has 606 valence electrons. The topological polar surface area (TPSA) is 237 Å². The number of hydrogen-bond acceptors (Lipinski definition) is 15. The van der Waals surface area contributed by atoms with Crippen molar-refractivity contribution in [2.75, 3.05) is 39.6 Å². The van der Waals surface area contributed by atoms with Crippen LogP contribution in [0.2, 0.25) is 0 Å². The molecule has 3 N–H and O–H groups in total. The smallest absolute Gasteiger partial charge is 0.462 e. The number of phosphoric acid groups is 2. The largest absolute Gasteiger partial charge is 0.472 e. The van der Waals surface area contributed by atoms with Gasteiger partial charge in [-0.15, -0.1) is 0 Å². The second-order valence-corrected chi connectivity index (χ2v) is 29.8. The number of aliphatic hydroxyl groups excluding tert-OH is 1. The molecule has 5 unspecified atom stereocenters. The third-order valence-corrected chi connectivity index (χ3v) is 18.7. The monoisotopic (exact) mass is 1530 g/mol. The lowest BCUT2D eigenvalue weighted by Crippen LogP contribution is -2.30. The number of hydrogen-bond donors (Lipinski definition) is 3. The molecule has 17 nitrogen and oxygen atoms in total. The Balaban J connectivity index is 5.42. The van der Waals surface area contributed by atoms with Gasteiger partial charge in [-0.2, -0.15) is 0 Å². The zero-order chi connectivity index (χ0) is 77.4. The Morgan fingerprint density at radius 3 is 0.774 bits per heavy atom. The van der Waals surface area contributed by atoms with E-state index in [1.54, 1.807) is 0 Å². The molecule has 0 aromatic carbocycles. The fourth-order valence-electron chi connectivity index (χ4n) is 10.6. The molecular weight excluding hydrogens is 1380 g/mol. The molecule has 0 aromatic heterocycles. The van der Waals surface area contributed by atoms with Crippen molar-refractivity contribution < 1.29 is 80.2 Å². The van der Waals surface area contributed by atoms with Gasteiger partial charge < -0.3 is 33.8 Å². The van der Waals surface area contributed by atoms with Crippen molar-refractivity contribution in [1.82, 2.24) is 0 Å². The van der Waals surface area contributed by atoms with E-state index in [1.165, 1.54) is 38.5 Å². The Morgan fingerprint density at radius 1 is 0.274 bits per heavy atom. The van der Waals surface area contributed by atoms with Crippen molar-refractivity contribution in [2.45, 2.75) is 341 Å². The van der Waals surface area contributed by atoms with E-state index in [2.05, 4.69) is 174 Å². The second kappa shape index (κ2) is 78.1. The van der Waals surface area contributed by atoms with Crippen molar-refractivity contribution >= 4 is 39.5 Å². The maximum absolute atomic E-state index is 13.1. The number of carbonyl (C=O) groups is 4. The lowest BCUT2D eigenvalue weighted by Gasteiger charge is -2.21. The van der Waals surface area contributed by atoms with Crippen LogP contribution in [0.5, 0.6) is 0 Å². The number of aliphatic hydroxyl groups is 1. The highest BCUT2D eigenvalue weighted by Crippen LogP contribution is 2.45. The molecule has 0 amide bonds. The molecule has 0 saturated heterocycles. The van der Waals surface area contributed by atoms with E-state index in [1.807, 2.05) is 0 Å². The third kappa shape index (κ3) is 77.1. The minimum atomic E-state index is -5.00. The minimum absolute atomic E-state index is 0.0356. The minimum Gasteiger partial charge on any atom is -0.462 e. The van der Waals surface area contributed by atoms with Crippen LogP contribution < -0.4 is 0 Å². The zero-order valence-electron chi connectivity index (χ0n) is 66.3. The van der Waals surface area contributed by atoms with E-state index in [-0.39, 0.29) is 25.7 Å². The van der Waals surface area contributed by atoms with Gasteiger partial charge in [-0.1, -0.05) is 276 Å². The van der Waals surface area contributed by atoms with Gasteiger partial charge in [-0.25, -0.2) is 9.13 Å². The Labute approximate surface area is 643 Å². The second-order valence-electron chi connectivity index (χ2n) is 26.9. The molecule has 0 spiro atoms. The molecule has 0 aliphatic heterocycles. The number of rotatable bonds is 76. The molecule has 0 aromatic rings. The fourth-order valence-corrected chi connectivity index (χ4v) is 12.1. The van der Waals surface area contributed by atoms with Crippen molar-refractivity contribution in [3.05, 3.63) is 146 Å². The average molecular weight is 1530 g/mol. The van der Waals surface area contributed by atoms with Gasteiger partial charge in [0.25, 0.3) is 0 Å². The van der Waals surface area contributed by atoms with Crippen LogP contribution in [0.1, 0.15) is 323 Å². The SMILES string of the molecule is CC/C=C\C/C=C\C/C=C\C/C=C\CCCCC(=O)OC(COC(=O)CCCCCCCC/C=C\C/C=C\C/C=C\CCCCC)COP(=O)(O)OCC(O)COP(=O)(O)OCC(COC(=O)CCCCCCCCC/C=C\C/C=C\C/C=C\CC)OC(=O)CCCCCCC/C=C\C/C=C\CCCCC. The van der Waals surface area contributed by atoms with Gasteiger partial charge in [-0.05, 0) is 167 Å². The van der Waals surface area contributed by atoms with Crippen LogP contribution in [0.3, 0.4) is 0 Å². The highest BCUT2D eigenvalue weighted by atomic mass is 31.2. The highest BCUT2D eigenvalue weighted by Gasteiger charge is 2.30. The molecular formula is C87H146O17P2. The predicted molar refractivity (Wildman–Crippen MR) is 436 cm³/mol. The number of unbranched alkanes of at least 4 members (excludes halogenated alkanes) is 26. The lowest BCUT2D eigenvalue weighted by molar-refractivity contribution is -0.161. The van der Waals surface area contributed by atoms with E-state index in [4.69, 9.17) is 37.0 Å². The fraction of sp³-hybridized carbons (Fsp3) is 0.678. The maximum Gasteiger partial charge on any atom is 0.472 e. The molecule has 0 saturated carbocycles. The molecule has 0 bridgehead atoms. The van der Waals surface area contributed by atoms with Gasteiger partial charge in [0.05, 0.1) is 26.4 Å². The van der Waals surface area contributed by atoms with Crippen molar-refractivity contribution in [3.8, 4) is 0 Å². The lowest BCUT2D eigenvalue weighted by atomic mass is 10.1. The van der Waals surface area contributed by atoms with Crippen LogP contribution in [0.4, 0.5) is 0 Å². The van der Waals surface area contributed by atoms with Crippen LogP contribution in [-0.2, 0) is 65.4 Å². The number of allylic oxidation sites excluding steroid dienone is 24. The summed E-state index contributed by atoms with van der Waals surface area (Å²) >= 11 is 0. The summed E-state index contributed by atoms with van der Waals surface area (Å²) in [7, 11) is -9.99. The van der Waals surface area contributed by atoms with E-state index in [0.29, 0.717) is 32.1 Å². The Kier molecular flexibility index (Phi) is 74.3. The first kappa shape index (κ1) is 101. The first-order valence-corrected chi connectivity index (χ1v) is 44.1. The van der Waals surface area contributed by atoms with Gasteiger partial charge in [0.1, 0.15) is 19.3 Å². The first-order chi connectivity index (χ1) is 51.7. The maximum atomic E-state index is 13.1. The van der Waals surface area contributed by atoms with Crippen LogP contribution in [0.25, 0.3) is 0 Å². The number of phosphoric ester groups is 2. The summed E-state index contributed by atoms with van der Waals surface area (Å²) in [5.74, 6) is -2.26. The molecule has 0 fully saturated rings. The quantitative estimate of drug-likeness (QED) is 0.0169. The summed E-state index contributed by atoms with van der Waals surface area (Å²) in [6.07, 6.45) is 89.6. The van der Waals surface area contributed by atoms with Gasteiger partial charge in [-0.3, -0.25) is 37.3 Å². The number of ether oxygens (including phenoxy) is 4. The van der Waals surface area contributed by atoms with E-state index in [9.17, 15) is 43.2 Å². The highest BCUT2D eigenvalue weighted by molar-refractivity contribution is 7.47. The van der Waals surface area contributed by atoms with Crippen LogP contribution >= 0.6 is 15.6 Å². The van der Waals surface area contributed by atoms with E-state index in [0.717, 1.165) is 199 Å². The summed E-state index contributed by atoms with van der Waals surface area (Å²) in [4.78, 5) is 73.1. The van der Waals surface area contributed by atoms with Crippen molar-refractivity contribution in [1.29, 1.82) is 0 Å².